The Hall–Kier alpha value is -2.92. The Bertz CT molecular complexity index is 855. The maximum atomic E-state index is 12.7. The highest BCUT2D eigenvalue weighted by Gasteiger charge is 2.53. The average molecular weight is 351 g/mol. The van der Waals surface area contributed by atoms with Crippen LogP contribution in [0.5, 0.6) is 0 Å². The molecule has 26 heavy (non-hydrogen) atoms. The van der Waals surface area contributed by atoms with Crippen molar-refractivity contribution in [3.05, 3.63) is 23.5 Å². The van der Waals surface area contributed by atoms with Crippen molar-refractivity contribution >= 4 is 30.5 Å². The number of H-pyrrole nitrogens is 1. The molecule has 8 heteroatoms. The van der Waals surface area contributed by atoms with Crippen LogP contribution in [0.25, 0.3) is 5.70 Å². The van der Waals surface area contributed by atoms with E-state index in [0.717, 1.165) is 35.6 Å². The topological polar surface area (TPSA) is 114 Å². The van der Waals surface area contributed by atoms with Crippen LogP contribution in [-0.2, 0) is 4.79 Å². The van der Waals surface area contributed by atoms with E-state index in [4.69, 9.17) is 5.84 Å². The van der Waals surface area contributed by atoms with Gasteiger partial charge in [-0.25, -0.2) is 10.8 Å². The molecule has 0 bridgehead atoms. The van der Waals surface area contributed by atoms with Crippen molar-refractivity contribution in [3.8, 4) is 6.07 Å². The molecule has 2 fully saturated rings. The van der Waals surface area contributed by atoms with E-state index in [0.29, 0.717) is 25.9 Å². The zero-order valence-electron chi connectivity index (χ0n) is 14.5. The zero-order chi connectivity index (χ0) is 18.3. The van der Waals surface area contributed by atoms with E-state index in [9.17, 15) is 10.1 Å². The number of nitriles is 1. The van der Waals surface area contributed by atoms with E-state index in [1.807, 2.05) is 17.2 Å². The van der Waals surface area contributed by atoms with Gasteiger partial charge >= 0.3 is 0 Å². The van der Waals surface area contributed by atoms with Crippen LogP contribution in [0.4, 0.5) is 5.82 Å². The fourth-order valence-corrected chi connectivity index (χ4v) is 3.83. The van der Waals surface area contributed by atoms with Crippen molar-refractivity contribution in [3.63, 3.8) is 0 Å². The van der Waals surface area contributed by atoms with Crippen LogP contribution in [0, 0.1) is 22.7 Å². The molecule has 1 saturated heterocycles. The van der Waals surface area contributed by atoms with E-state index >= 15 is 0 Å². The number of hydrogen-bond acceptors (Lipinski definition) is 6. The number of aromatic nitrogens is 1. The third-order valence-electron chi connectivity index (χ3n) is 5.43. The van der Waals surface area contributed by atoms with E-state index in [2.05, 4.69) is 27.8 Å². The van der Waals surface area contributed by atoms with Crippen LogP contribution in [-0.4, -0.2) is 46.9 Å². The van der Waals surface area contributed by atoms with Gasteiger partial charge in [-0.05, 0) is 38.5 Å². The molecule has 1 unspecified atom stereocenters. The summed E-state index contributed by atoms with van der Waals surface area (Å²) in [6.07, 6.45) is 6.44. The summed E-state index contributed by atoms with van der Waals surface area (Å²) >= 11 is 0. The number of nitrogens with zero attached hydrogens (tertiary/aromatic N) is 5. The first-order valence-electron chi connectivity index (χ1n) is 8.77. The number of rotatable bonds is 3. The standard InChI is InChI=1S/C18H21N7O/c1-21-14(15-13-4-7-22-16(13)23-11-25(15)20)12-3-2-8-24(9-12)17(26)18(10-19)5-6-18/h4,7,11-12,22H,1-3,5-6,8-9,20H2/b15-14-. The predicted octanol–water partition coefficient (Wildman–Crippen LogP) is 1.78. The zero-order valence-corrected chi connectivity index (χ0v) is 14.5. The van der Waals surface area contributed by atoms with Gasteiger partial charge in [0, 0.05) is 30.8 Å². The number of hydrogen-bond donors (Lipinski definition) is 2. The number of nitrogens with two attached hydrogens (primary N) is 1. The van der Waals surface area contributed by atoms with Gasteiger partial charge in [-0.15, -0.1) is 0 Å². The number of carbonyl (C=O) groups excluding carboxylic acids is 1. The Labute approximate surface area is 151 Å². The highest BCUT2D eigenvalue weighted by atomic mass is 16.2. The lowest BCUT2D eigenvalue weighted by atomic mass is 9.91. The molecule has 3 heterocycles. The first-order chi connectivity index (χ1) is 12.6. The van der Waals surface area contributed by atoms with Gasteiger partial charge < -0.3 is 9.88 Å². The van der Waals surface area contributed by atoms with Gasteiger partial charge in [-0.2, -0.15) is 5.26 Å². The van der Waals surface area contributed by atoms with Crippen molar-refractivity contribution in [1.29, 1.82) is 5.26 Å². The van der Waals surface area contributed by atoms with E-state index in [1.165, 1.54) is 5.01 Å². The molecule has 0 aromatic carbocycles. The minimum absolute atomic E-state index is 0.0231. The summed E-state index contributed by atoms with van der Waals surface area (Å²) in [6.45, 7) is 4.96. The summed E-state index contributed by atoms with van der Waals surface area (Å²) in [4.78, 5) is 26.2. The molecule has 1 atom stereocenters. The fourth-order valence-electron chi connectivity index (χ4n) is 3.83. The van der Waals surface area contributed by atoms with Gasteiger partial charge in [0.1, 0.15) is 17.6 Å². The van der Waals surface area contributed by atoms with Crippen molar-refractivity contribution in [2.75, 3.05) is 13.1 Å². The molecule has 2 aliphatic heterocycles. The first-order valence-corrected chi connectivity index (χ1v) is 8.77. The van der Waals surface area contributed by atoms with Crippen molar-refractivity contribution < 1.29 is 4.79 Å². The molecule has 4 rings (SSSR count). The van der Waals surface area contributed by atoms with Gasteiger partial charge in [0.15, 0.2) is 0 Å². The Kier molecular flexibility index (Phi) is 3.89. The molecule has 1 saturated carbocycles. The molecule has 1 aliphatic carbocycles. The van der Waals surface area contributed by atoms with Crippen LogP contribution in [0.3, 0.4) is 0 Å². The highest BCUT2D eigenvalue weighted by molar-refractivity contribution is 5.89. The summed E-state index contributed by atoms with van der Waals surface area (Å²) < 4.78 is 0. The molecule has 1 aromatic heterocycles. The quantitative estimate of drug-likeness (QED) is 0.638. The monoisotopic (exact) mass is 351 g/mol. The fraction of sp³-hybridized carbons (Fsp3) is 0.444. The molecule has 3 N–H and O–H groups in total. The number of likely N-dealkylation sites (tertiary alicyclic amines) is 1. The van der Waals surface area contributed by atoms with Crippen molar-refractivity contribution in [2.45, 2.75) is 25.7 Å². The summed E-state index contributed by atoms with van der Waals surface area (Å²) in [7, 11) is 0. The summed E-state index contributed by atoms with van der Waals surface area (Å²) in [5.74, 6) is 6.84. The molecule has 1 aromatic rings. The molecule has 0 radical (unpaired) electrons. The van der Waals surface area contributed by atoms with Crippen molar-refractivity contribution in [1.82, 2.24) is 14.9 Å². The maximum Gasteiger partial charge on any atom is 0.243 e. The van der Waals surface area contributed by atoms with Crippen LogP contribution in [0.15, 0.2) is 27.9 Å². The number of aliphatic imine (C=N–C) groups is 2. The molecular weight excluding hydrogens is 330 g/mol. The second kappa shape index (κ2) is 6.11. The maximum absolute atomic E-state index is 12.7. The van der Waals surface area contributed by atoms with Crippen molar-refractivity contribution in [2.24, 2.45) is 27.2 Å². The van der Waals surface area contributed by atoms with Crippen LogP contribution in [0.1, 0.15) is 31.2 Å². The summed E-state index contributed by atoms with van der Waals surface area (Å²) in [6, 6.07) is 4.11. The van der Waals surface area contributed by atoms with E-state index in [1.54, 1.807) is 6.34 Å². The predicted molar refractivity (Wildman–Crippen MR) is 98.0 cm³/mol. The third kappa shape index (κ3) is 2.52. The number of amides is 1. The molecular formula is C18H21N7O. The minimum Gasteiger partial charge on any atom is -0.346 e. The number of carbonyl (C=O) groups is 1. The number of aromatic amines is 1. The third-order valence-corrected chi connectivity index (χ3v) is 5.43. The largest absolute Gasteiger partial charge is 0.346 e. The van der Waals surface area contributed by atoms with Gasteiger partial charge in [-0.3, -0.25) is 14.8 Å². The second-order valence-corrected chi connectivity index (χ2v) is 7.07. The SMILES string of the molecule is C=N/C(=C1/c2cc[nH]c2N=CN1N)C1CCCN(C(=O)C2(C#N)CC2)C1. The lowest BCUT2D eigenvalue weighted by Gasteiger charge is -2.35. The lowest BCUT2D eigenvalue weighted by molar-refractivity contribution is -0.136. The second-order valence-electron chi connectivity index (χ2n) is 7.07. The number of hydrazine groups is 1. The Morgan fingerprint density at radius 3 is 3.04 bits per heavy atom. The lowest BCUT2D eigenvalue weighted by Crippen LogP contribution is -2.44. The molecule has 134 valence electrons. The Balaban J connectivity index is 1.65. The Morgan fingerprint density at radius 2 is 2.35 bits per heavy atom. The summed E-state index contributed by atoms with van der Waals surface area (Å²) in [5, 5.41) is 10.8. The van der Waals surface area contributed by atoms with Crippen LogP contribution < -0.4 is 5.84 Å². The van der Waals surface area contributed by atoms with E-state index < -0.39 is 5.41 Å². The van der Waals surface area contributed by atoms with Gasteiger partial charge in [0.05, 0.1) is 17.5 Å². The molecule has 1 amide bonds. The number of nitrogens with one attached hydrogen (secondary N) is 1. The molecule has 3 aliphatic rings. The number of piperidine rings is 1. The van der Waals surface area contributed by atoms with Crippen LogP contribution >= 0.6 is 0 Å². The minimum atomic E-state index is -0.790. The average Bonchev–Trinajstić information content (AvgIpc) is 3.33. The Morgan fingerprint density at radius 1 is 1.54 bits per heavy atom. The van der Waals surface area contributed by atoms with Crippen LogP contribution in [0.2, 0.25) is 0 Å². The normalized spacial score (nSPS) is 25.3. The van der Waals surface area contributed by atoms with E-state index in [-0.39, 0.29) is 11.8 Å². The molecule has 0 spiro atoms. The van der Waals surface area contributed by atoms with Gasteiger partial charge in [0.2, 0.25) is 5.91 Å². The molecule has 8 nitrogen and oxygen atoms in total. The van der Waals surface area contributed by atoms with Gasteiger partial charge in [0.25, 0.3) is 0 Å². The number of fused-ring (bicyclic) bond motifs is 1. The highest BCUT2D eigenvalue weighted by Crippen LogP contribution is 2.47. The smallest absolute Gasteiger partial charge is 0.243 e. The van der Waals surface area contributed by atoms with Gasteiger partial charge in [-0.1, -0.05) is 0 Å². The summed E-state index contributed by atoms with van der Waals surface area (Å²) in [5.41, 5.74) is 1.60. The first kappa shape index (κ1) is 16.5.